The zero-order chi connectivity index (χ0) is 49.0. The number of halogens is 8. The quantitative estimate of drug-likeness (QED) is 0.103. The second-order valence-corrected chi connectivity index (χ2v) is 19.5. The Morgan fingerprint density at radius 1 is 0.708 bits per heavy atom. The highest BCUT2D eigenvalue weighted by atomic mass is 32.2. The van der Waals surface area contributed by atoms with Gasteiger partial charge in [0.1, 0.15) is 23.0 Å². The Morgan fingerprint density at radius 2 is 1.11 bits per heavy atom. The molecule has 4 atom stereocenters. The molecule has 0 aliphatic heterocycles. The molecule has 4 aromatic rings. The maximum absolute atomic E-state index is 14.6. The number of carboxylic acids is 1. The molecule has 2 unspecified atom stereocenters. The number of carboxylic acid groups (broad SMARTS) is 1. The molecule has 2 aromatic heterocycles. The number of carbonyl (C=O) groups is 2. The van der Waals surface area contributed by atoms with Crippen LogP contribution in [0.5, 0.6) is 0 Å². The summed E-state index contributed by atoms with van der Waals surface area (Å²) in [6.45, 7) is 6.58. The van der Waals surface area contributed by atoms with Gasteiger partial charge in [0.05, 0.1) is 35.8 Å². The molecule has 1 amide bonds. The number of aryl methyl sites for hydroxylation is 4. The Bertz CT molecular complexity index is 2640. The number of anilines is 2. The third-order valence-corrected chi connectivity index (χ3v) is 11.6. The number of aliphatic carboxylic acids is 1. The van der Waals surface area contributed by atoms with Crippen LogP contribution < -0.4 is 20.5 Å². The molecular formula is C42H48F8N6O7S2. The van der Waals surface area contributed by atoms with E-state index >= 15 is 0 Å². The molecule has 2 heterocycles. The van der Waals surface area contributed by atoms with Gasteiger partial charge in [0.15, 0.2) is 0 Å². The normalized spacial score (nSPS) is 17.1. The number of aromatic nitrogens is 2. The molecule has 0 saturated carbocycles. The first-order chi connectivity index (χ1) is 29.8. The summed E-state index contributed by atoms with van der Waals surface area (Å²) in [6, 6.07) is 8.61. The summed E-state index contributed by atoms with van der Waals surface area (Å²) in [6.07, 6.45) is -5.28. The Hall–Kier alpha value is -5.42. The smallest absolute Gasteiger partial charge is 0.433 e. The summed E-state index contributed by atoms with van der Waals surface area (Å²) >= 11 is 0. The van der Waals surface area contributed by atoms with Gasteiger partial charge in [-0.15, -0.1) is 0 Å². The number of carbonyl (C=O) groups excluding carboxylic acids is 1. The molecule has 13 nitrogen and oxygen atoms in total. The van der Waals surface area contributed by atoms with Gasteiger partial charge < -0.3 is 16.2 Å². The number of pyridine rings is 2. The predicted molar refractivity (Wildman–Crippen MR) is 226 cm³/mol. The van der Waals surface area contributed by atoms with E-state index in [1.54, 1.807) is 33.8 Å². The van der Waals surface area contributed by atoms with Gasteiger partial charge in [-0.25, -0.2) is 35.6 Å². The standard InChI is InChI=1S/C21H23F4N3O3S.C11H10F3NO2.C10H15FN2O2S/c1-11-8-15(16(22)10-18(11)28-32(3,30)31)12(2)26-20(29)14-4-6-17-13(9-14)5-7-19(27-17)21(23,24)25;12-11(13,14)9-4-2-6-5-7(10(16)17)1-3-8(6)15-9;1-6-4-8(7(2)12)9(11)5-10(6)13-16(3,14)15/h5,7-8,10,12,14,28H,4,6,9H2,1-3H3,(H,26,29);2,4,7H,1,3,5H2,(H,16,17);4-5,7,13H,12H2,1-3H3/t12-,14?;;7-/m1.1/s1. The highest BCUT2D eigenvalue weighted by molar-refractivity contribution is 7.92. The van der Waals surface area contributed by atoms with Crippen molar-refractivity contribution in [1.82, 2.24) is 15.3 Å². The summed E-state index contributed by atoms with van der Waals surface area (Å²) in [5.74, 6) is -3.41. The van der Waals surface area contributed by atoms with Gasteiger partial charge in [0.25, 0.3) is 0 Å². The van der Waals surface area contributed by atoms with Gasteiger partial charge in [0, 0.05) is 34.5 Å². The SMILES string of the molecule is Cc1cc([C@@H](C)N)c(F)cc1NS(C)(=O)=O.Cc1cc([C@@H](C)NC(=O)C2CCc3nc(C(F)(F)F)ccc3C2)c(F)cc1NS(C)(=O)=O.O=C(O)C1CCc2nc(C(F)(F)F)ccc2C1. The average Bonchev–Trinajstić information content (AvgIpc) is 3.18. The van der Waals surface area contributed by atoms with Crippen LogP contribution in [0.2, 0.25) is 0 Å². The maximum atomic E-state index is 14.6. The van der Waals surface area contributed by atoms with E-state index < -0.39 is 85.3 Å². The van der Waals surface area contributed by atoms with Gasteiger partial charge in [-0.05, 0) is 125 Å². The van der Waals surface area contributed by atoms with Crippen molar-refractivity contribution in [2.24, 2.45) is 17.6 Å². The maximum Gasteiger partial charge on any atom is 0.433 e. The van der Waals surface area contributed by atoms with Gasteiger partial charge in [-0.2, -0.15) is 26.3 Å². The summed E-state index contributed by atoms with van der Waals surface area (Å²) in [7, 11) is -6.97. The van der Waals surface area contributed by atoms with Crippen LogP contribution in [0.4, 0.5) is 46.5 Å². The number of hydrogen-bond donors (Lipinski definition) is 5. The molecule has 65 heavy (non-hydrogen) atoms. The van der Waals surface area contributed by atoms with Gasteiger partial charge in [0.2, 0.25) is 26.0 Å². The Kier molecular flexibility index (Phi) is 16.4. The number of sulfonamides is 2. The number of nitrogens with zero attached hydrogens (tertiary/aromatic N) is 2. The first-order valence-electron chi connectivity index (χ1n) is 19.8. The van der Waals surface area contributed by atoms with Crippen molar-refractivity contribution in [1.29, 1.82) is 0 Å². The molecule has 6 N–H and O–H groups in total. The van der Waals surface area contributed by atoms with Crippen molar-refractivity contribution >= 4 is 43.3 Å². The number of nitrogens with two attached hydrogens (primary N) is 1. The number of amides is 1. The van der Waals surface area contributed by atoms with Gasteiger partial charge >= 0.3 is 18.3 Å². The molecule has 0 spiro atoms. The summed E-state index contributed by atoms with van der Waals surface area (Å²) in [5.41, 5.74) is 7.68. The third-order valence-electron chi connectivity index (χ3n) is 10.4. The Labute approximate surface area is 370 Å². The van der Waals surface area contributed by atoms with Crippen molar-refractivity contribution in [2.45, 2.75) is 90.7 Å². The molecule has 23 heteroatoms. The third kappa shape index (κ3) is 14.8. The van der Waals surface area contributed by atoms with Crippen molar-refractivity contribution < 1.29 is 66.7 Å². The molecule has 6 rings (SSSR count). The topological polar surface area (TPSA) is 211 Å². The fourth-order valence-corrected chi connectivity index (χ4v) is 8.33. The van der Waals surface area contributed by atoms with Crippen LogP contribution in [0.25, 0.3) is 0 Å². The molecule has 2 aliphatic rings. The van der Waals surface area contributed by atoms with Crippen molar-refractivity contribution in [2.75, 3.05) is 22.0 Å². The van der Waals surface area contributed by atoms with Crippen LogP contribution in [-0.4, -0.2) is 56.3 Å². The van der Waals surface area contributed by atoms with Crippen LogP contribution in [0.3, 0.4) is 0 Å². The molecule has 0 fully saturated rings. The lowest BCUT2D eigenvalue weighted by Crippen LogP contribution is -2.36. The monoisotopic (exact) mass is 964 g/mol. The zero-order valence-corrected chi connectivity index (χ0v) is 37.5. The van der Waals surface area contributed by atoms with Crippen LogP contribution in [0.1, 0.15) is 94.9 Å². The Morgan fingerprint density at radius 3 is 1.51 bits per heavy atom. The number of rotatable bonds is 9. The highest BCUT2D eigenvalue weighted by Crippen LogP contribution is 2.34. The number of fused-ring (bicyclic) bond motifs is 2. The molecule has 0 saturated heterocycles. The van der Waals surface area contributed by atoms with Crippen LogP contribution in [-0.2, 0) is 67.7 Å². The minimum absolute atomic E-state index is 0.113. The number of nitrogens with one attached hydrogen (secondary N) is 3. The van der Waals surface area contributed by atoms with E-state index in [4.69, 9.17) is 10.8 Å². The summed E-state index contributed by atoms with van der Waals surface area (Å²) < 4.78 is 153. The lowest BCUT2D eigenvalue weighted by molar-refractivity contribution is -0.143. The van der Waals surface area contributed by atoms with Gasteiger partial charge in [-0.1, -0.05) is 12.1 Å². The first-order valence-corrected chi connectivity index (χ1v) is 23.6. The fraction of sp³-hybridized carbons (Fsp3) is 0.429. The lowest BCUT2D eigenvalue weighted by atomic mass is 9.85. The van der Waals surface area contributed by atoms with E-state index in [2.05, 4.69) is 24.7 Å². The number of alkyl halides is 6. The minimum atomic E-state index is -4.52. The van der Waals surface area contributed by atoms with Crippen LogP contribution >= 0.6 is 0 Å². The lowest BCUT2D eigenvalue weighted by Gasteiger charge is -2.26. The van der Waals surface area contributed by atoms with Gasteiger partial charge in [-0.3, -0.25) is 19.0 Å². The summed E-state index contributed by atoms with van der Waals surface area (Å²) in [5, 5.41) is 11.6. The molecule has 0 radical (unpaired) electrons. The largest absolute Gasteiger partial charge is 0.481 e. The average molecular weight is 965 g/mol. The molecule has 0 bridgehead atoms. The van der Waals surface area contributed by atoms with E-state index in [1.165, 1.54) is 18.2 Å². The van der Waals surface area contributed by atoms with E-state index in [1.807, 2.05) is 0 Å². The fourth-order valence-electron chi connectivity index (χ4n) is 7.09. The second kappa shape index (κ2) is 20.4. The molecule has 356 valence electrons. The Balaban J connectivity index is 0.000000236. The van der Waals surface area contributed by atoms with Crippen LogP contribution in [0.15, 0.2) is 48.5 Å². The van der Waals surface area contributed by atoms with E-state index in [0.29, 0.717) is 52.0 Å². The molecular weight excluding hydrogens is 917 g/mol. The van der Waals surface area contributed by atoms with E-state index in [0.717, 1.165) is 36.8 Å². The van der Waals surface area contributed by atoms with Crippen molar-refractivity contribution in [3.63, 3.8) is 0 Å². The van der Waals surface area contributed by atoms with Crippen molar-refractivity contribution in [3.8, 4) is 0 Å². The number of benzene rings is 2. The highest BCUT2D eigenvalue weighted by Gasteiger charge is 2.36. The second-order valence-electron chi connectivity index (χ2n) is 16.0. The predicted octanol–water partition coefficient (Wildman–Crippen LogP) is 7.72. The zero-order valence-electron chi connectivity index (χ0n) is 35.9. The minimum Gasteiger partial charge on any atom is -0.481 e. The number of hydrogen-bond acceptors (Lipinski definition) is 9. The summed E-state index contributed by atoms with van der Waals surface area (Å²) in [4.78, 5) is 30.8. The first kappa shape index (κ1) is 52.2. The van der Waals surface area contributed by atoms with Crippen LogP contribution in [0, 0.1) is 37.3 Å². The van der Waals surface area contributed by atoms with Crippen molar-refractivity contribution in [3.05, 3.63) is 116 Å². The molecule has 2 aliphatic carbocycles. The van der Waals surface area contributed by atoms with E-state index in [9.17, 15) is 61.5 Å². The molecule has 2 aromatic carbocycles. The van der Waals surface area contributed by atoms with E-state index in [-0.39, 0.29) is 48.5 Å².